The van der Waals surface area contributed by atoms with Crippen LogP contribution in [0.4, 0.5) is 5.82 Å². The lowest BCUT2D eigenvalue weighted by Gasteiger charge is -2.14. The van der Waals surface area contributed by atoms with E-state index in [-0.39, 0.29) is 5.91 Å². The molecule has 3 nitrogen and oxygen atoms in total. The summed E-state index contributed by atoms with van der Waals surface area (Å²) in [7, 11) is 0. The molecule has 1 aromatic carbocycles. The number of pyridine rings is 1. The summed E-state index contributed by atoms with van der Waals surface area (Å²) < 4.78 is 0. The molecule has 2 rings (SSSR count). The summed E-state index contributed by atoms with van der Waals surface area (Å²) in [4.78, 5) is 15.5. The summed E-state index contributed by atoms with van der Waals surface area (Å²) in [6.07, 6.45) is 2.76. The van der Waals surface area contributed by atoms with Crippen molar-refractivity contribution in [2.24, 2.45) is 0 Å². The lowest BCUT2D eigenvalue weighted by molar-refractivity contribution is -0.114. The predicted octanol–water partition coefficient (Wildman–Crippen LogP) is 4.40. The van der Waals surface area contributed by atoms with Crippen LogP contribution in [0.1, 0.15) is 44.4 Å². The second-order valence-corrected chi connectivity index (χ2v) is 4.59. The molecule has 0 aliphatic carbocycles. The third-order valence-corrected chi connectivity index (χ3v) is 3.33. The molecule has 0 unspecified atom stereocenters. The molecule has 1 amide bonds. The van der Waals surface area contributed by atoms with Gasteiger partial charge in [0.1, 0.15) is 5.82 Å². The van der Waals surface area contributed by atoms with E-state index in [1.807, 2.05) is 19.9 Å². The van der Waals surface area contributed by atoms with Gasteiger partial charge in [0.2, 0.25) is 5.91 Å². The summed E-state index contributed by atoms with van der Waals surface area (Å²) in [6.45, 7) is 11.9. The number of benzene rings is 1. The highest BCUT2D eigenvalue weighted by molar-refractivity contribution is 6.01. The molecule has 1 heterocycles. The molecule has 0 bridgehead atoms. The number of hydrogen-bond acceptors (Lipinski definition) is 2. The van der Waals surface area contributed by atoms with Gasteiger partial charge in [0.05, 0.1) is 0 Å². The molecular formula is C17H24N2O. The summed E-state index contributed by atoms with van der Waals surface area (Å²) in [5, 5.41) is 4.97. The monoisotopic (exact) mass is 272 g/mol. The predicted molar refractivity (Wildman–Crippen MR) is 86.2 cm³/mol. The maximum Gasteiger partial charge on any atom is 0.222 e. The van der Waals surface area contributed by atoms with Gasteiger partial charge in [-0.3, -0.25) is 4.79 Å². The molecule has 108 valence electrons. The number of carbonyl (C=O) groups excluding carboxylic acids is 1. The van der Waals surface area contributed by atoms with E-state index in [0.29, 0.717) is 5.82 Å². The fourth-order valence-corrected chi connectivity index (χ4v) is 2.52. The maximum atomic E-state index is 11.2. The summed E-state index contributed by atoms with van der Waals surface area (Å²) in [5.74, 6) is 0.554. The van der Waals surface area contributed by atoms with Crippen LogP contribution in [0.5, 0.6) is 0 Å². The largest absolute Gasteiger partial charge is 0.310 e. The number of carbonyl (C=O) groups is 1. The highest BCUT2D eigenvalue weighted by atomic mass is 16.1. The van der Waals surface area contributed by atoms with Crippen molar-refractivity contribution in [3.63, 3.8) is 0 Å². The molecule has 0 saturated carbocycles. The number of nitrogens with one attached hydrogen (secondary N) is 1. The first kappa shape index (κ1) is 16.2. The van der Waals surface area contributed by atoms with Gasteiger partial charge < -0.3 is 5.32 Å². The molecule has 0 radical (unpaired) electrons. The molecule has 0 saturated heterocycles. The second kappa shape index (κ2) is 7.04. The van der Waals surface area contributed by atoms with Crippen LogP contribution in [0, 0.1) is 13.8 Å². The average molecular weight is 272 g/mol. The molecule has 3 heteroatoms. The Morgan fingerprint density at radius 3 is 2.45 bits per heavy atom. The van der Waals surface area contributed by atoms with E-state index < -0.39 is 0 Å². The van der Waals surface area contributed by atoms with E-state index in [1.165, 1.54) is 23.6 Å². The number of rotatable bonds is 2. The van der Waals surface area contributed by atoms with Crippen LogP contribution in [-0.4, -0.2) is 10.9 Å². The van der Waals surface area contributed by atoms with Crippen LogP contribution < -0.4 is 5.32 Å². The number of fused-ring (bicyclic) bond motifs is 1. The van der Waals surface area contributed by atoms with Crippen molar-refractivity contribution in [2.45, 2.75) is 48.0 Å². The molecule has 20 heavy (non-hydrogen) atoms. The van der Waals surface area contributed by atoms with E-state index in [2.05, 4.69) is 37.1 Å². The van der Waals surface area contributed by atoms with Gasteiger partial charge in [-0.05, 0) is 54.5 Å². The minimum absolute atomic E-state index is 0.0927. The van der Waals surface area contributed by atoms with Gasteiger partial charge >= 0.3 is 0 Å². The SMILES string of the molecule is CC.CCc1c(C)cc2c(NC(C)=O)nccc2c1C. The number of anilines is 1. The third kappa shape index (κ3) is 3.16. The van der Waals surface area contributed by atoms with Crippen molar-refractivity contribution in [1.29, 1.82) is 0 Å². The maximum absolute atomic E-state index is 11.2. The molecule has 0 fully saturated rings. The Bertz CT molecular complexity index is 618. The molecule has 1 aromatic heterocycles. The van der Waals surface area contributed by atoms with Crippen LogP contribution in [0.15, 0.2) is 18.3 Å². The van der Waals surface area contributed by atoms with Crippen molar-refractivity contribution >= 4 is 22.5 Å². The fourth-order valence-electron chi connectivity index (χ4n) is 2.52. The first-order valence-electron chi connectivity index (χ1n) is 7.20. The van der Waals surface area contributed by atoms with E-state index in [4.69, 9.17) is 0 Å². The number of nitrogens with zero attached hydrogens (tertiary/aromatic N) is 1. The number of aryl methyl sites for hydroxylation is 2. The highest BCUT2D eigenvalue weighted by Gasteiger charge is 2.10. The Morgan fingerprint density at radius 2 is 1.90 bits per heavy atom. The van der Waals surface area contributed by atoms with Crippen molar-refractivity contribution < 1.29 is 4.79 Å². The van der Waals surface area contributed by atoms with Gasteiger partial charge in [-0.2, -0.15) is 0 Å². The Hall–Kier alpha value is -1.90. The zero-order valence-electron chi connectivity index (χ0n) is 13.3. The topological polar surface area (TPSA) is 42.0 Å². The minimum atomic E-state index is -0.0927. The van der Waals surface area contributed by atoms with E-state index in [0.717, 1.165) is 17.2 Å². The molecule has 0 aliphatic heterocycles. The van der Waals surface area contributed by atoms with Gasteiger partial charge in [-0.25, -0.2) is 4.98 Å². The van der Waals surface area contributed by atoms with E-state index in [9.17, 15) is 4.79 Å². The van der Waals surface area contributed by atoms with Crippen LogP contribution >= 0.6 is 0 Å². The zero-order valence-corrected chi connectivity index (χ0v) is 13.3. The van der Waals surface area contributed by atoms with Crippen LogP contribution in [-0.2, 0) is 11.2 Å². The molecule has 2 aromatic rings. The molecule has 0 spiro atoms. The summed E-state index contributed by atoms with van der Waals surface area (Å²) in [6, 6.07) is 4.12. The summed E-state index contributed by atoms with van der Waals surface area (Å²) >= 11 is 0. The Balaban J connectivity index is 0.000000956. The van der Waals surface area contributed by atoms with Gasteiger partial charge in [-0.1, -0.05) is 20.8 Å². The Labute approximate surface area is 121 Å². The van der Waals surface area contributed by atoms with Crippen LogP contribution in [0.3, 0.4) is 0 Å². The highest BCUT2D eigenvalue weighted by Crippen LogP contribution is 2.29. The molecular weight excluding hydrogens is 248 g/mol. The smallest absolute Gasteiger partial charge is 0.222 e. The van der Waals surface area contributed by atoms with Crippen LogP contribution in [0.2, 0.25) is 0 Å². The lowest BCUT2D eigenvalue weighted by Crippen LogP contribution is -2.08. The van der Waals surface area contributed by atoms with E-state index >= 15 is 0 Å². The standard InChI is InChI=1S/C15H18N2O.C2H6/c1-5-12-9(2)8-14-13(10(12)3)6-7-16-15(14)17-11(4)18;1-2/h6-8H,5H2,1-4H3,(H,16,17,18);1-2H3. The third-order valence-electron chi connectivity index (χ3n) is 3.33. The molecule has 0 aliphatic rings. The normalized spacial score (nSPS) is 9.90. The van der Waals surface area contributed by atoms with E-state index in [1.54, 1.807) is 6.20 Å². The molecule has 1 N–H and O–H groups in total. The number of hydrogen-bond donors (Lipinski definition) is 1. The Kier molecular flexibility index (Phi) is 5.68. The summed E-state index contributed by atoms with van der Waals surface area (Å²) in [5.41, 5.74) is 3.91. The lowest BCUT2D eigenvalue weighted by atomic mass is 9.95. The van der Waals surface area contributed by atoms with Crippen molar-refractivity contribution in [2.75, 3.05) is 5.32 Å². The van der Waals surface area contributed by atoms with Gasteiger partial charge in [0, 0.05) is 18.5 Å². The minimum Gasteiger partial charge on any atom is -0.310 e. The van der Waals surface area contributed by atoms with Crippen molar-refractivity contribution in [3.8, 4) is 0 Å². The average Bonchev–Trinajstić information content (AvgIpc) is 2.42. The fraction of sp³-hybridized carbons (Fsp3) is 0.412. The van der Waals surface area contributed by atoms with Gasteiger partial charge in [0.25, 0.3) is 0 Å². The first-order valence-corrected chi connectivity index (χ1v) is 7.20. The zero-order chi connectivity index (χ0) is 15.3. The Morgan fingerprint density at radius 1 is 1.25 bits per heavy atom. The van der Waals surface area contributed by atoms with Gasteiger partial charge in [-0.15, -0.1) is 0 Å². The quantitative estimate of drug-likeness (QED) is 0.880. The van der Waals surface area contributed by atoms with Crippen LogP contribution in [0.25, 0.3) is 10.8 Å². The van der Waals surface area contributed by atoms with Gasteiger partial charge in [0.15, 0.2) is 0 Å². The second-order valence-electron chi connectivity index (χ2n) is 4.59. The first-order chi connectivity index (χ1) is 9.54. The molecule has 0 atom stereocenters. The van der Waals surface area contributed by atoms with Crippen molar-refractivity contribution in [1.82, 2.24) is 4.98 Å². The number of aromatic nitrogens is 1. The van der Waals surface area contributed by atoms with Crippen molar-refractivity contribution in [3.05, 3.63) is 35.0 Å². The number of amides is 1.